The number of hydrogen-bond donors (Lipinski definition) is 1. The van der Waals surface area contributed by atoms with E-state index in [1.165, 1.54) is 36.3 Å². The molecular weight excluding hydrogens is 230 g/mol. The number of aryl methyl sites for hydroxylation is 1. The van der Waals surface area contributed by atoms with E-state index in [0.717, 1.165) is 12.5 Å². The molecule has 3 nitrogen and oxygen atoms in total. The van der Waals surface area contributed by atoms with Crippen molar-refractivity contribution in [1.29, 1.82) is 0 Å². The molecule has 1 N–H and O–H groups in total. The number of thioether (sulfide) groups is 1. The Morgan fingerprint density at radius 1 is 1.53 bits per heavy atom. The SMILES string of the molecule is CCn1cc(C(CC2CCSCC2)NC)cn1. The lowest BCUT2D eigenvalue weighted by atomic mass is 9.92. The van der Waals surface area contributed by atoms with E-state index in [9.17, 15) is 0 Å². The lowest BCUT2D eigenvalue weighted by Crippen LogP contribution is -2.21. The molecule has 2 rings (SSSR count). The van der Waals surface area contributed by atoms with Crippen molar-refractivity contribution in [2.45, 2.75) is 38.8 Å². The van der Waals surface area contributed by atoms with E-state index in [1.807, 2.05) is 10.9 Å². The smallest absolute Gasteiger partial charge is 0.0537 e. The summed E-state index contributed by atoms with van der Waals surface area (Å²) in [5, 5.41) is 7.81. The molecular formula is C13H23N3S. The fourth-order valence-electron chi connectivity index (χ4n) is 2.47. The molecule has 1 unspecified atom stereocenters. The maximum atomic E-state index is 4.37. The van der Waals surface area contributed by atoms with Crippen LogP contribution in [0.15, 0.2) is 12.4 Å². The highest BCUT2D eigenvalue weighted by molar-refractivity contribution is 7.99. The van der Waals surface area contributed by atoms with Crippen molar-refractivity contribution in [3.05, 3.63) is 18.0 Å². The van der Waals surface area contributed by atoms with Gasteiger partial charge < -0.3 is 5.32 Å². The number of rotatable bonds is 5. The van der Waals surface area contributed by atoms with Gasteiger partial charge in [-0.3, -0.25) is 4.68 Å². The lowest BCUT2D eigenvalue weighted by molar-refractivity contribution is 0.384. The molecule has 2 heterocycles. The molecule has 0 saturated carbocycles. The molecule has 17 heavy (non-hydrogen) atoms. The molecule has 1 atom stereocenters. The number of nitrogens with one attached hydrogen (secondary N) is 1. The van der Waals surface area contributed by atoms with Crippen LogP contribution < -0.4 is 5.32 Å². The van der Waals surface area contributed by atoms with E-state index in [2.05, 4.69) is 42.3 Å². The number of aromatic nitrogens is 2. The second-order valence-electron chi connectivity index (χ2n) is 4.76. The summed E-state index contributed by atoms with van der Waals surface area (Å²) in [5.41, 5.74) is 1.34. The van der Waals surface area contributed by atoms with Gasteiger partial charge in [0.2, 0.25) is 0 Å². The largest absolute Gasteiger partial charge is 0.313 e. The highest BCUT2D eigenvalue weighted by atomic mass is 32.2. The molecule has 4 heteroatoms. The molecule has 0 spiro atoms. The first kappa shape index (κ1) is 13.0. The van der Waals surface area contributed by atoms with Crippen molar-refractivity contribution >= 4 is 11.8 Å². The van der Waals surface area contributed by atoms with Gasteiger partial charge in [-0.15, -0.1) is 0 Å². The second-order valence-corrected chi connectivity index (χ2v) is 5.99. The van der Waals surface area contributed by atoms with Crippen LogP contribution >= 0.6 is 11.8 Å². The quantitative estimate of drug-likeness (QED) is 0.875. The van der Waals surface area contributed by atoms with Crippen LogP contribution in [0.4, 0.5) is 0 Å². The topological polar surface area (TPSA) is 29.9 Å². The van der Waals surface area contributed by atoms with Gasteiger partial charge in [0.05, 0.1) is 6.20 Å². The van der Waals surface area contributed by atoms with Crippen molar-refractivity contribution in [2.24, 2.45) is 5.92 Å². The van der Waals surface area contributed by atoms with E-state index in [0.29, 0.717) is 6.04 Å². The van der Waals surface area contributed by atoms with E-state index in [4.69, 9.17) is 0 Å². The van der Waals surface area contributed by atoms with Crippen molar-refractivity contribution in [3.63, 3.8) is 0 Å². The molecule has 1 saturated heterocycles. The van der Waals surface area contributed by atoms with Crippen LogP contribution in [0.2, 0.25) is 0 Å². The summed E-state index contributed by atoms with van der Waals surface area (Å²) in [5.74, 6) is 3.57. The molecule has 0 aliphatic carbocycles. The van der Waals surface area contributed by atoms with E-state index < -0.39 is 0 Å². The van der Waals surface area contributed by atoms with Crippen LogP contribution in [0.5, 0.6) is 0 Å². The third kappa shape index (κ3) is 3.49. The Balaban J connectivity index is 1.95. The third-order valence-electron chi connectivity index (χ3n) is 3.64. The average molecular weight is 253 g/mol. The number of nitrogens with zero attached hydrogens (tertiary/aromatic N) is 2. The summed E-state index contributed by atoms with van der Waals surface area (Å²) in [4.78, 5) is 0. The summed E-state index contributed by atoms with van der Waals surface area (Å²) in [7, 11) is 2.06. The minimum Gasteiger partial charge on any atom is -0.313 e. The summed E-state index contributed by atoms with van der Waals surface area (Å²) in [6.45, 7) is 3.08. The van der Waals surface area contributed by atoms with Gasteiger partial charge in [0, 0.05) is 24.3 Å². The van der Waals surface area contributed by atoms with E-state index in [-0.39, 0.29) is 0 Å². The molecule has 1 aliphatic heterocycles. The Bertz CT molecular complexity index is 331. The van der Waals surface area contributed by atoms with Crippen LogP contribution in [0, 0.1) is 5.92 Å². The van der Waals surface area contributed by atoms with Crippen molar-refractivity contribution in [3.8, 4) is 0 Å². The summed E-state index contributed by atoms with van der Waals surface area (Å²) in [6.07, 6.45) is 8.21. The first-order valence-corrected chi connectivity index (χ1v) is 7.76. The van der Waals surface area contributed by atoms with Crippen LogP contribution in [0.25, 0.3) is 0 Å². The minimum absolute atomic E-state index is 0.475. The highest BCUT2D eigenvalue weighted by Crippen LogP contribution is 2.30. The van der Waals surface area contributed by atoms with Crippen molar-refractivity contribution < 1.29 is 0 Å². The first-order valence-electron chi connectivity index (χ1n) is 6.60. The Morgan fingerprint density at radius 2 is 2.29 bits per heavy atom. The molecule has 1 aromatic heterocycles. The minimum atomic E-state index is 0.475. The van der Waals surface area contributed by atoms with Crippen molar-refractivity contribution in [1.82, 2.24) is 15.1 Å². The maximum absolute atomic E-state index is 4.37. The molecule has 0 radical (unpaired) electrons. The van der Waals surface area contributed by atoms with Gasteiger partial charge in [-0.25, -0.2) is 0 Å². The lowest BCUT2D eigenvalue weighted by Gasteiger charge is -2.25. The van der Waals surface area contributed by atoms with Gasteiger partial charge in [-0.1, -0.05) is 0 Å². The van der Waals surface area contributed by atoms with Crippen LogP contribution in [0.1, 0.15) is 37.8 Å². The molecule has 1 aromatic rings. The Labute approximate surface area is 108 Å². The standard InChI is InChI=1S/C13H23N3S/c1-3-16-10-12(9-15-16)13(14-2)8-11-4-6-17-7-5-11/h9-11,13-14H,3-8H2,1-2H3. The van der Waals surface area contributed by atoms with Gasteiger partial charge in [0.1, 0.15) is 0 Å². The van der Waals surface area contributed by atoms with Gasteiger partial charge in [-0.05, 0) is 50.7 Å². The van der Waals surface area contributed by atoms with E-state index in [1.54, 1.807) is 0 Å². The molecule has 0 amide bonds. The van der Waals surface area contributed by atoms with Crippen molar-refractivity contribution in [2.75, 3.05) is 18.6 Å². The van der Waals surface area contributed by atoms with Gasteiger partial charge in [0.15, 0.2) is 0 Å². The van der Waals surface area contributed by atoms with Crippen LogP contribution in [-0.4, -0.2) is 28.3 Å². The molecule has 0 aromatic carbocycles. The maximum Gasteiger partial charge on any atom is 0.0537 e. The molecule has 1 fully saturated rings. The fourth-order valence-corrected chi connectivity index (χ4v) is 3.67. The summed E-state index contributed by atoms with van der Waals surface area (Å²) < 4.78 is 2.01. The zero-order valence-electron chi connectivity index (χ0n) is 10.9. The molecule has 0 bridgehead atoms. The van der Waals surface area contributed by atoms with Crippen LogP contribution in [0.3, 0.4) is 0 Å². The van der Waals surface area contributed by atoms with Gasteiger partial charge in [0.25, 0.3) is 0 Å². The summed E-state index contributed by atoms with van der Waals surface area (Å²) >= 11 is 2.10. The summed E-state index contributed by atoms with van der Waals surface area (Å²) in [6, 6.07) is 0.475. The number of hydrogen-bond acceptors (Lipinski definition) is 3. The Kier molecular flexibility index (Phi) is 4.92. The Morgan fingerprint density at radius 3 is 2.88 bits per heavy atom. The fraction of sp³-hybridized carbons (Fsp3) is 0.769. The Hall–Kier alpha value is -0.480. The van der Waals surface area contributed by atoms with E-state index >= 15 is 0 Å². The third-order valence-corrected chi connectivity index (χ3v) is 4.69. The molecule has 96 valence electrons. The molecule has 1 aliphatic rings. The second kappa shape index (κ2) is 6.45. The zero-order valence-corrected chi connectivity index (χ0v) is 11.7. The first-order chi connectivity index (χ1) is 8.33. The highest BCUT2D eigenvalue weighted by Gasteiger charge is 2.20. The zero-order chi connectivity index (χ0) is 12.1. The normalized spacial score (nSPS) is 19.4. The van der Waals surface area contributed by atoms with Gasteiger partial charge >= 0.3 is 0 Å². The van der Waals surface area contributed by atoms with Crippen LogP contribution in [-0.2, 0) is 6.54 Å². The predicted molar refractivity (Wildman–Crippen MR) is 74.4 cm³/mol. The van der Waals surface area contributed by atoms with Gasteiger partial charge in [-0.2, -0.15) is 16.9 Å². The monoisotopic (exact) mass is 253 g/mol. The predicted octanol–water partition coefficient (Wildman–Crippen LogP) is 2.70. The average Bonchev–Trinajstić information content (AvgIpc) is 2.86.